The molecule has 1 atom stereocenters. The summed E-state index contributed by atoms with van der Waals surface area (Å²) in [5, 5.41) is 11.6. The summed E-state index contributed by atoms with van der Waals surface area (Å²) in [6.07, 6.45) is 0.912. The Morgan fingerprint density at radius 1 is 1.11 bits per heavy atom. The van der Waals surface area contributed by atoms with Crippen molar-refractivity contribution in [2.24, 2.45) is 0 Å². The smallest absolute Gasteiger partial charge is 0.0510 e. The van der Waals surface area contributed by atoms with Crippen LogP contribution in [-0.4, -0.2) is 11.7 Å². The Hall–Kier alpha value is -1.12. The zero-order valence-corrected chi connectivity index (χ0v) is 11.8. The fourth-order valence-electron chi connectivity index (χ4n) is 2.10. The number of thiophene rings is 1. The molecule has 18 heavy (non-hydrogen) atoms. The molecular formula is C16H20OS. The second-order valence-electron chi connectivity index (χ2n) is 5.00. The van der Waals surface area contributed by atoms with E-state index in [9.17, 15) is 5.11 Å². The van der Waals surface area contributed by atoms with Gasteiger partial charge in [0.25, 0.3) is 0 Å². The summed E-state index contributed by atoms with van der Waals surface area (Å²) in [4.78, 5) is 1.27. The van der Waals surface area contributed by atoms with E-state index in [4.69, 9.17) is 0 Å². The fourth-order valence-corrected chi connectivity index (χ4v) is 2.92. The van der Waals surface area contributed by atoms with Gasteiger partial charge >= 0.3 is 0 Å². The van der Waals surface area contributed by atoms with Crippen molar-refractivity contribution in [1.29, 1.82) is 0 Å². The number of rotatable bonds is 5. The molecule has 0 radical (unpaired) electrons. The third kappa shape index (κ3) is 3.21. The molecule has 1 N–H and O–H groups in total. The summed E-state index contributed by atoms with van der Waals surface area (Å²) in [5.41, 5.74) is 2.67. The number of hydrogen-bond acceptors (Lipinski definition) is 2. The van der Waals surface area contributed by atoms with Crippen molar-refractivity contribution in [2.45, 2.75) is 32.1 Å². The summed E-state index contributed by atoms with van der Waals surface area (Å²) in [7, 11) is 0. The SMILES string of the molecule is CC(C)c1ccc(CC(CO)c2cccs2)cc1. The standard InChI is InChI=1S/C16H20OS/c1-12(2)14-7-5-13(6-8-14)10-15(11-17)16-4-3-9-18-16/h3-9,12,15,17H,10-11H2,1-2H3. The Morgan fingerprint density at radius 2 is 1.83 bits per heavy atom. The van der Waals surface area contributed by atoms with Crippen LogP contribution in [-0.2, 0) is 6.42 Å². The van der Waals surface area contributed by atoms with Crippen LogP contribution in [0.1, 0.15) is 41.7 Å². The molecule has 0 bridgehead atoms. The number of benzene rings is 1. The highest BCUT2D eigenvalue weighted by molar-refractivity contribution is 7.10. The van der Waals surface area contributed by atoms with E-state index < -0.39 is 0 Å². The molecule has 1 aromatic carbocycles. The summed E-state index contributed by atoms with van der Waals surface area (Å²) < 4.78 is 0. The normalized spacial score (nSPS) is 12.9. The quantitative estimate of drug-likeness (QED) is 0.854. The molecule has 1 heterocycles. The van der Waals surface area contributed by atoms with E-state index >= 15 is 0 Å². The van der Waals surface area contributed by atoms with Gasteiger partial charge in [0, 0.05) is 10.8 Å². The highest BCUT2D eigenvalue weighted by Crippen LogP contribution is 2.25. The Labute approximate surface area is 113 Å². The highest BCUT2D eigenvalue weighted by Gasteiger charge is 2.12. The van der Waals surface area contributed by atoms with E-state index in [1.807, 2.05) is 6.07 Å². The molecule has 1 aromatic heterocycles. The van der Waals surface area contributed by atoms with Gasteiger partial charge < -0.3 is 5.11 Å². The van der Waals surface area contributed by atoms with Crippen molar-refractivity contribution in [3.63, 3.8) is 0 Å². The van der Waals surface area contributed by atoms with Crippen LogP contribution >= 0.6 is 11.3 Å². The van der Waals surface area contributed by atoms with E-state index in [1.165, 1.54) is 16.0 Å². The van der Waals surface area contributed by atoms with Crippen LogP contribution in [0.15, 0.2) is 41.8 Å². The molecule has 2 heteroatoms. The summed E-state index contributed by atoms with van der Waals surface area (Å²) >= 11 is 1.72. The molecule has 1 nitrogen and oxygen atoms in total. The maximum atomic E-state index is 9.51. The maximum Gasteiger partial charge on any atom is 0.0510 e. The van der Waals surface area contributed by atoms with E-state index in [2.05, 4.69) is 49.6 Å². The van der Waals surface area contributed by atoms with Gasteiger partial charge in [-0.25, -0.2) is 0 Å². The second-order valence-corrected chi connectivity index (χ2v) is 5.97. The average molecular weight is 260 g/mol. The fraction of sp³-hybridized carbons (Fsp3) is 0.375. The van der Waals surface area contributed by atoms with Crippen molar-refractivity contribution in [3.8, 4) is 0 Å². The molecule has 2 aromatic rings. The lowest BCUT2D eigenvalue weighted by atomic mass is 9.95. The molecule has 0 aliphatic heterocycles. The second kappa shape index (κ2) is 6.17. The van der Waals surface area contributed by atoms with Crippen LogP contribution in [0.4, 0.5) is 0 Å². The minimum absolute atomic E-state index is 0.215. The van der Waals surface area contributed by atoms with Crippen molar-refractivity contribution < 1.29 is 5.11 Å². The molecule has 2 rings (SSSR count). The van der Waals surface area contributed by atoms with Gasteiger partial charge in [-0.1, -0.05) is 44.2 Å². The van der Waals surface area contributed by atoms with Gasteiger partial charge in [0.15, 0.2) is 0 Å². The van der Waals surface area contributed by atoms with Crippen molar-refractivity contribution in [1.82, 2.24) is 0 Å². The molecule has 0 aliphatic rings. The summed E-state index contributed by atoms with van der Waals surface area (Å²) in [6, 6.07) is 12.9. The predicted octanol–water partition coefficient (Wildman–Crippen LogP) is 4.19. The van der Waals surface area contributed by atoms with Gasteiger partial charge in [-0.05, 0) is 34.9 Å². The summed E-state index contributed by atoms with van der Waals surface area (Å²) in [5.74, 6) is 0.805. The van der Waals surface area contributed by atoms with Crippen molar-refractivity contribution in [2.75, 3.05) is 6.61 Å². The van der Waals surface area contributed by atoms with Crippen LogP contribution in [0.25, 0.3) is 0 Å². The first-order valence-electron chi connectivity index (χ1n) is 6.43. The van der Waals surface area contributed by atoms with Crippen LogP contribution < -0.4 is 0 Å². The number of aliphatic hydroxyl groups excluding tert-OH is 1. The van der Waals surface area contributed by atoms with Crippen molar-refractivity contribution in [3.05, 3.63) is 57.8 Å². The van der Waals surface area contributed by atoms with E-state index in [1.54, 1.807) is 11.3 Å². The first-order valence-corrected chi connectivity index (χ1v) is 7.31. The lowest BCUT2D eigenvalue weighted by Crippen LogP contribution is -2.06. The van der Waals surface area contributed by atoms with Gasteiger partial charge in [0.05, 0.1) is 6.61 Å². The molecule has 0 saturated heterocycles. The van der Waals surface area contributed by atoms with Crippen LogP contribution in [0, 0.1) is 0 Å². The largest absolute Gasteiger partial charge is 0.396 e. The topological polar surface area (TPSA) is 20.2 Å². The minimum Gasteiger partial charge on any atom is -0.396 e. The molecule has 0 fully saturated rings. The molecule has 1 unspecified atom stereocenters. The third-order valence-corrected chi connectivity index (χ3v) is 4.33. The van der Waals surface area contributed by atoms with E-state index in [0.29, 0.717) is 5.92 Å². The van der Waals surface area contributed by atoms with Gasteiger partial charge in [0.1, 0.15) is 0 Å². The van der Waals surface area contributed by atoms with E-state index in [-0.39, 0.29) is 12.5 Å². The van der Waals surface area contributed by atoms with Gasteiger partial charge in [0.2, 0.25) is 0 Å². The Kier molecular flexibility index (Phi) is 4.56. The zero-order valence-electron chi connectivity index (χ0n) is 11.0. The number of hydrogen-bond donors (Lipinski definition) is 1. The Bertz CT molecular complexity index is 456. The molecular weight excluding hydrogens is 240 g/mol. The van der Waals surface area contributed by atoms with Gasteiger partial charge in [-0.3, -0.25) is 0 Å². The highest BCUT2D eigenvalue weighted by atomic mass is 32.1. The Balaban J connectivity index is 2.08. The maximum absolute atomic E-state index is 9.51. The van der Waals surface area contributed by atoms with Crippen LogP contribution in [0.3, 0.4) is 0 Å². The first kappa shape index (κ1) is 13.3. The van der Waals surface area contributed by atoms with Gasteiger partial charge in [-0.2, -0.15) is 0 Å². The van der Waals surface area contributed by atoms with Crippen molar-refractivity contribution >= 4 is 11.3 Å². The lowest BCUT2D eigenvalue weighted by molar-refractivity contribution is 0.266. The van der Waals surface area contributed by atoms with Crippen LogP contribution in [0.5, 0.6) is 0 Å². The average Bonchev–Trinajstić information content (AvgIpc) is 2.90. The monoisotopic (exact) mass is 260 g/mol. The van der Waals surface area contributed by atoms with E-state index in [0.717, 1.165) is 6.42 Å². The lowest BCUT2D eigenvalue weighted by Gasteiger charge is -2.13. The Morgan fingerprint density at radius 3 is 2.33 bits per heavy atom. The molecule has 0 spiro atoms. The molecule has 0 amide bonds. The summed E-state index contributed by atoms with van der Waals surface area (Å²) in [6.45, 7) is 4.63. The first-order chi connectivity index (χ1) is 8.70. The molecule has 96 valence electrons. The van der Waals surface area contributed by atoms with Gasteiger partial charge in [-0.15, -0.1) is 11.3 Å². The zero-order chi connectivity index (χ0) is 13.0. The molecule has 0 saturated carbocycles. The minimum atomic E-state index is 0.215. The number of aliphatic hydroxyl groups is 1. The molecule has 0 aliphatic carbocycles. The van der Waals surface area contributed by atoms with Crippen LogP contribution in [0.2, 0.25) is 0 Å². The third-order valence-electron chi connectivity index (χ3n) is 3.29. The predicted molar refractivity (Wildman–Crippen MR) is 78.4 cm³/mol.